The van der Waals surface area contributed by atoms with E-state index < -0.39 is 63.8 Å². The second-order valence-corrected chi connectivity index (χ2v) is 11.6. The molecular weight excluding hydrogens is 640 g/mol. The van der Waals surface area contributed by atoms with Crippen molar-refractivity contribution in [1.82, 2.24) is 14.0 Å². The van der Waals surface area contributed by atoms with Gasteiger partial charge in [-0.2, -0.15) is 0 Å². The molecule has 0 aliphatic carbocycles. The molecule has 1 aliphatic rings. The number of pyridine rings is 1. The summed E-state index contributed by atoms with van der Waals surface area (Å²) in [4.78, 5) is 43.0. The van der Waals surface area contributed by atoms with Gasteiger partial charge in [0.2, 0.25) is 5.78 Å². The number of aliphatic hydroxyl groups is 1. The number of hydrogen-bond acceptors (Lipinski definition) is 5. The van der Waals surface area contributed by atoms with E-state index in [0.29, 0.717) is 30.8 Å². The Morgan fingerprint density at radius 1 is 0.776 bits per heavy atom. The number of carbonyl (C=O) groups is 2. The number of halogens is 4. The highest BCUT2D eigenvalue weighted by atomic mass is 19.2. The first kappa shape index (κ1) is 33.0. The van der Waals surface area contributed by atoms with Crippen molar-refractivity contribution in [3.8, 4) is 5.69 Å². The fourth-order valence-electron chi connectivity index (χ4n) is 5.79. The minimum Gasteiger partial charge on any atom is -0.507 e. The van der Waals surface area contributed by atoms with Gasteiger partial charge in [0.15, 0.2) is 11.6 Å². The molecule has 1 saturated heterocycles. The molecule has 49 heavy (non-hydrogen) atoms. The first-order chi connectivity index (χ1) is 23.6. The Hall–Kier alpha value is -5.91. The predicted molar refractivity (Wildman–Crippen MR) is 176 cm³/mol. The van der Waals surface area contributed by atoms with Gasteiger partial charge in [-0.3, -0.25) is 14.4 Å². The summed E-state index contributed by atoms with van der Waals surface area (Å²) in [6.07, 6.45) is 5.24. The smallest absolute Gasteiger partial charge is 0.294 e. The van der Waals surface area contributed by atoms with Gasteiger partial charge in [0.1, 0.15) is 17.4 Å². The molecule has 0 saturated carbocycles. The van der Waals surface area contributed by atoms with Crippen molar-refractivity contribution < 1.29 is 32.3 Å². The van der Waals surface area contributed by atoms with Crippen molar-refractivity contribution in [2.45, 2.75) is 13.0 Å². The fourth-order valence-corrected chi connectivity index (χ4v) is 5.79. The topological polar surface area (TPSA) is 87.8 Å². The van der Waals surface area contributed by atoms with Gasteiger partial charge in [-0.25, -0.2) is 17.6 Å². The third-order valence-corrected chi connectivity index (χ3v) is 8.34. The number of aromatic nitrogens is 2. The van der Waals surface area contributed by atoms with Gasteiger partial charge in [0, 0.05) is 74.2 Å². The highest BCUT2D eigenvalue weighted by Gasteiger charge is 2.26. The predicted octanol–water partition coefficient (Wildman–Crippen LogP) is 5.65. The zero-order valence-electron chi connectivity index (χ0n) is 26.0. The van der Waals surface area contributed by atoms with Crippen LogP contribution in [0.2, 0.25) is 0 Å². The first-order valence-corrected chi connectivity index (χ1v) is 15.4. The number of nitrogens with zero attached hydrogens (tertiary/aromatic N) is 4. The Labute approximate surface area is 278 Å². The summed E-state index contributed by atoms with van der Waals surface area (Å²) < 4.78 is 59.9. The molecule has 1 N–H and O–H groups in total. The minimum absolute atomic E-state index is 0.0747. The summed E-state index contributed by atoms with van der Waals surface area (Å²) in [5, 5.41) is 11.0. The van der Waals surface area contributed by atoms with E-state index in [1.807, 2.05) is 53.4 Å². The van der Waals surface area contributed by atoms with Gasteiger partial charge in [0.05, 0.1) is 12.1 Å². The molecule has 0 bridgehead atoms. The van der Waals surface area contributed by atoms with Crippen molar-refractivity contribution >= 4 is 23.1 Å². The molecule has 3 aromatic carbocycles. The second kappa shape index (κ2) is 14.1. The highest BCUT2D eigenvalue weighted by molar-refractivity contribution is 6.41. The summed E-state index contributed by atoms with van der Waals surface area (Å²) in [6, 6.07) is 19.7. The molecule has 0 spiro atoms. The van der Waals surface area contributed by atoms with Crippen LogP contribution in [-0.4, -0.2) is 57.0 Å². The summed E-state index contributed by atoms with van der Waals surface area (Å²) in [7, 11) is 0. The number of carbonyl (C=O) groups excluding carboxylic acids is 2. The van der Waals surface area contributed by atoms with Gasteiger partial charge < -0.3 is 24.0 Å². The minimum atomic E-state index is -1.42. The number of ketones is 1. The van der Waals surface area contributed by atoms with Crippen molar-refractivity contribution in [1.29, 1.82) is 0 Å². The van der Waals surface area contributed by atoms with Crippen molar-refractivity contribution in [3.63, 3.8) is 0 Å². The molecule has 0 unspecified atom stereocenters. The number of amides is 1. The number of piperazine rings is 1. The number of rotatable bonds is 9. The average molecular weight is 671 g/mol. The molecule has 1 fully saturated rings. The quantitative estimate of drug-likeness (QED) is 0.0721. The van der Waals surface area contributed by atoms with Crippen molar-refractivity contribution in [2.75, 3.05) is 31.1 Å². The van der Waals surface area contributed by atoms with Crippen LogP contribution in [0, 0.1) is 23.3 Å². The molecule has 0 radical (unpaired) electrons. The van der Waals surface area contributed by atoms with E-state index in [4.69, 9.17) is 0 Å². The number of hydrogen-bond donors (Lipinski definition) is 1. The average Bonchev–Trinajstić information content (AvgIpc) is 3.65. The zero-order chi connectivity index (χ0) is 34.7. The van der Waals surface area contributed by atoms with Gasteiger partial charge in [-0.15, -0.1) is 0 Å². The Bertz CT molecular complexity index is 2100. The Balaban J connectivity index is 1.21. The van der Waals surface area contributed by atoms with Crippen LogP contribution in [0.25, 0.3) is 11.4 Å². The van der Waals surface area contributed by atoms with Crippen LogP contribution >= 0.6 is 0 Å². The maximum Gasteiger partial charge on any atom is 0.294 e. The second-order valence-electron chi connectivity index (χ2n) is 11.6. The van der Waals surface area contributed by atoms with E-state index in [9.17, 15) is 37.1 Å². The normalized spacial score (nSPS) is 13.5. The van der Waals surface area contributed by atoms with Crippen LogP contribution in [-0.2, 0) is 22.6 Å². The summed E-state index contributed by atoms with van der Waals surface area (Å²) in [6.45, 7) is 1.18. The largest absolute Gasteiger partial charge is 0.507 e. The summed E-state index contributed by atoms with van der Waals surface area (Å²) >= 11 is 0. The third kappa shape index (κ3) is 7.33. The molecule has 6 rings (SSSR count). The number of aliphatic hydroxyl groups excluding tert-OH is 1. The molecule has 2 aromatic heterocycles. The molecular formula is C37H30F4N4O4. The summed E-state index contributed by atoms with van der Waals surface area (Å²) in [5.74, 6) is -7.09. The molecule has 3 heterocycles. The van der Waals surface area contributed by atoms with E-state index in [0.717, 1.165) is 28.1 Å². The van der Waals surface area contributed by atoms with Crippen LogP contribution < -0.4 is 10.5 Å². The number of benzene rings is 3. The maximum absolute atomic E-state index is 14.5. The van der Waals surface area contributed by atoms with Crippen LogP contribution in [0.5, 0.6) is 0 Å². The molecule has 1 amide bonds. The van der Waals surface area contributed by atoms with E-state index in [1.165, 1.54) is 29.3 Å². The van der Waals surface area contributed by atoms with Gasteiger partial charge in [-0.1, -0.05) is 12.1 Å². The SMILES string of the molecule is O=C(/C=C(/O)c1cc(Cc2c(F)ccc(F)c2F)cn(Cc2cccc(F)c2)c1=O)C(=O)N1CCN(c2ccc(-n3cccc3)cc2)CC1. The Morgan fingerprint density at radius 2 is 1.45 bits per heavy atom. The fraction of sp³-hybridized carbons (Fsp3) is 0.162. The van der Waals surface area contributed by atoms with Crippen LogP contribution in [0.1, 0.15) is 22.3 Å². The maximum atomic E-state index is 14.5. The van der Waals surface area contributed by atoms with Gasteiger partial charge >= 0.3 is 0 Å². The molecule has 0 atom stereocenters. The van der Waals surface area contributed by atoms with Crippen LogP contribution in [0.15, 0.2) is 108 Å². The van der Waals surface area contributed by atoms with Crippen molar-refractivity contribution in [3.05, 3.63) is 159 Å². The first-order valence-electron chi connectivity index (χ1n) is 15.4. The zero-order valence-corrected chi connectivity index (χ0v) is 26.0. The lowest BCUT2D eigenvalue weighted by Crippen LogP contribution is -2.50. The van der Waals surface area contributed by atoms with E-state index >= 15 is 0 Å². The lowest BCUT2D eigenvalue weighted by atomic mass is 10.0. The highest BCUT2D eigenvalue weighted by Crippen LogP contribution is 2.22. The lowest BCUT2D eigenvalue weighted by molar-refractivity contribution is -0.142. The lowest BCUT2D eigenvalue weighted by Gasteiger charge is -2.35. The third-order valence-electron chi connectivity index (χ3n) is 8.34. The molecule has 8 nitrogen and oxygen atoms in total. The van der Waals surface area contributed by atoms with E-state index in [2.05, 4.69) is 4.90 Å². The molecule has 5 aromatic rings. The summed E-state index contributed by atoms with van der Waals surface area (Å²) in [5.41, 5.74) is 0.509. The Kier molecular flexibility index (Phi) is 9.47. The van der Waals surface area contributed by atoms with Crippen LogP contribution in [0.4, 0.5) is 23.2 Å². The molecule has 12 heteroatoms. The standard InChI is InChI=1S/C37H30F4N4O4/c38-26-5-3-4-24(18-26)22-45-23-25(19-29-31(39)10-11-32(40)35(29)41)20-30(36(45)48)33(46)21-34(47)37(49)44-16-14-43(15-17-44)28-8-6-27(7-9-28)42-12-1-2-13-42/h1-13,18,20-21,23,46H,14-17,19,22H2/b33-21+. The molecule has 1 aliphatic heterocycles. The van der Waals surface area contributed by atoms with Gasteiger partial charge in [0.25, 0.3) is 11.5 Å². The van der Waals surface area contributed by atoms with Crippen LogP contribution in [0.3, 0.4) is 0 Å². The van der Waals surface area contributed by atoms with Gasteiger partial charge in [-0.05, 0) is 77.9 Å². The number of anilines is 1. The van der Waals surface area contributed by atoms with E-state index in [-0.39, 0.29) is 25.2 Å². The monoisotopic (exact) mass is 670 g/mol. The molecule has 250 valence electrons. The van der Waals surface area contributed by atoms with E-state index in [1.54, 1.807) is 6.07 Å². The van der Waals surface area contributed by atoms with Crippen molar-refractivity contribution in [2.24, 2.45) is 0 Å². The Morgan fingerprint density at radius 3 is 2.14 bits per heavy atom.